The first-order valence-corrected chi connectivity index (χ1v) is 6.04. The van der Waals surface area contributed by atoms with E-state index in [1.54, 1.807) is 0 Å². The summed E-state index contributed by atoms with van der Waals surface area (Å²) in [6, 6.07) is 0.406. The molecule has 0 aliphatic carbocycles. The molecule has 0 aromatic heterocycles. The van der Waals surface area contributed by atoms with Crippen LogP contribution >= 0.6 is 0 Å². The predicted molar refractivity (Wildman–Crippen MR) is 69.4 cm³/mol. The fraction of sp³-hybridized carbons (Fsp3) is 0.769. The van der Waals surface area contributed by atoms with Crippen molar-refractivity contribution in [1.29, 1.82) is 0 Å². The molecule has 3 nitrogen and oxygen atoms in total. The molecule has 1 unspecified atom stereocenters. The summed E-state index contributed by atoms with van der Waals surface area (Å²) >= 11 is 0. The molecule has 0 radical (unpaired) electrons. The Morgan fingerprint density at radius 1 is 1.44 bits per heavy atom. The van der Waals surface area contributed by atoms with Gasteiger partial charge in [0.1, 0.15) is 0 Å². The van der Waals surface area contributed by atoms with E-state index in [0.29, 0.717) is 12.6 Å². The Balaban J connectivity index is 3.83. The molecule has 0 aromatic carbocycles. The van der Waals surface area contributed by atoms with E-state index in [-0.39, 0.29) is 11.4 Å². The fourth-order valence-electron chi connectivity index (χ4n) is 1.47. The highest BCUT2D eigenvalue weighted by atomic mass is 16.2. The van der Waals surface area contributed by atoms with E-state index in [2.05, 4.69) is 24.1 Å². The van der Waals surface area contributed by atoms with Crippen molar-refractivity contribution in [2.45, 2.75) is 58.5 Å². The van der Waals surface area contributed by atoms with Gasteiger partial charge in [0.05, 0.1) is 6.54 Å². The highest BCUT2D eigenvalue weighted by Gasteiger charge is 2.14. The highest BCUT2D eigenvalue weighted by Crippen LogP contribution is 2.02. The maximum Gasteiger partial charge on any atom is 0.234 e. The van der Waals surface area contributed by atoms with Gasteiger partial charge in [-0.2, -0.15) is 0 Å². The number of nitrogens with one attached hydrogen (secondary N) is 2. The lowest BCUT2D eigenvalue weighted by molar-refractivity contribution is -0.121. The summed E-state index contributed by atoms with van der Waals surface area (Å²) in [5.74, 6) is 0.0598. The van der Waals surface area contributed by atoms with Gasteiger partial charge in [-0.05, 0) is 40.0 Å². The van der Waals surface area contributed by atoms with Gasteiger partial charge in [-0.25, -0.2) is 0 Å². The fourth-order valence-corrected chi connectivity index (χ4v) is 1.47. The van der Waals surface area contributed by atoms with Crippen molar-refractivity contribution in [2.24, 2.45) is 0 Å². The number of carbonyl (C=O) groups excluding carboxylic acids is 1. The van der Waals surface area contributed by atoms with Gasteiger partial charge in [0.25, 0.3) is 0 Å². The number of carbonyl (C=O) groups is 1. The largest absolute Gasteiger partial charge is 0.350 e. The van der Waals surface area contributed by atoms with Crippen LogP contribution < -0.4 is 10.6 Å². The Labute approximate surface area is 99.7 Å². The van der Waals surface area contributed by atoms with Crippen LogP contribution in [0, 0.1) is 0 Å². The zero-order valence-corrected chi connectivity index (χ0v) is 11.1. The predicted octanol–water partition coefficient (Wildman–Crippen LogP) is 2.24. The second kappa shape index (κ2) is 7.44. The molecular weight excluding hydrogens is 200 g/mol. The number of rotatable bonds is 7. The maximum absolute atomic E-state index is 11.6. The maximum atomic E-state index is 11.6. The minimum absolute atomic E-state index is 0.0598. The smallest absolute Gasteiger partial charge is 0.234 e. The number of amides is 1. The van der Waals surface area contributed by atoms with Crippen molar-refractivity contribution >= 4 is 5.91 Å². The Morgan fingerprint density at radius 3 is 2.50 bits per heavy atom. The van der Waals surface area contributed by atoms with Crippen LogP contribution in [-0.2, 0) is 4.79 Å². The van der Waals surface area contributed by atoms with Crippen LogP contribution in [0.25, 0.3) is 0 Å². The molecule has 0 spiro atoms. The van der Waals surface area contributed by atoms with Crippen LogP contribution in [0.2, 0.25) is 0 Å². The lowest BCUT2D eigenvalue weighted by Crippen LogP contribution is -2.46. The van der Waals surface area contributed by atoms with Crippen molar-refractivity contribution in [3.63, 3.8) is 0 Å². The summed E-state index contributed by atoms with van der Waals surface area (Å²) < 4.78 is 0. The van der Waals surface area contributed by atoms with Crippen molar-refractivity contribution in [2.75, 3.05) is 6.54 Å². The molecule has 0 aromatic rings. The Hall–Kier alpha value is -0.830. The van der Waals surface area contributed by atoms with Crippen molar-refractivity contribution in [1.82, 2.24) is 10.6 Å². The van der Waals surface area contributed by atoms with E-state index >= 15 is 0 Å². The molecule has 0 rings (SSSR count). The summed E-state index contributed by atoms with van der Waals surface area (Å²) in [5.41, 5.74) is -0.151. The monoisotopic (exact) mass is 226 g/mol. The SMILES string of the molecule is C=CCCC(CC)NCC(=O)NC(C)(C)C. The van der Waals surface area contributed by atoms with Gasteiger partial charge < -0.3 is 10.6 Å². The van der Waals surface area contributed by atoms with Gasteiger partial charge in [-0.3, -0.25) is 4.79 Å². The molecule has 0 saturated carbocycles. The quantitative estimate of drug-likeness (QED) is 0.654. The van der Waals surface area contributed by atoms with Crippen LogP contribution in [0.3, 0.4) is 0 Å². The first-order valence-electron chi connectivity index (χ1n) is 6.04. The molecular formula is C13H26N2O. The van der Waals surface area contributed by atoms with Gasteiger partial charge >= 0.3 is 0 Å². The second-order valence-corrected chi connectivity index (χ2v) is 5.15. The molecule has 0 bridgehead atoms. The summed E-state index contributed by atoms with van der Waals surface area (Å²) in [6.07, 6.45) is 4.99. The first kappa shape index (κ1) is 15.2. The molecule has 3 heteroatoms. The van der Waals surface area contributed by atoms with E-state index in [1.165, 1.54) is 0 Å². The molecule has 0 heterocycles. The van der Waals surface area contributed by atoms with E-state index in [1.807, 2.05) is 26.8 Å². The van der Waals surface area contributed by atoms with Crippen LogP contribution in [0.5, 0.6) is 0 Å². The average molecular weight is 226 g/mol. The molecule has 0 fully saturated rings. The van der Waals surface area contributed by atoms with Crippen LogP contribution in [0.1, 0.15) is 47.0 Å². The van der Waals surface area contributed by atoms with Crippen LogP contribution in [0.15, 0.2) is 12.7 Å². The van der Waals surface area contributed by atoms with Gasteiger partial charge in [0.15, 0.2) is 0 Å². The normalized spacial score (nSPS) is 13.2. The number of hydrogen-bond donors (Lipinski definition) is 2. The van der Waals surface area contributed by atoms with Gasteiger partial charge in [-0.1, -0.05) is 13.0 Å². The molecule has 0 aliphatic heterocycles. The minimum Gasteiger partial charge on any atom is -0.350 e. The third-order valence-corrected chi connectivity index (χ3v) is 2.28. The van der Waals surface area contributed by atoms with E-state index in [4.69, 9.17) is 0 Å². The third-order valence-electron chi connectivity index (χ3n) is 2.28. The Bertz CT molecular complexity index is 218. The minimum atomic E-state index is -0.151. The molecule has 1 amide bonds. The Kier molecular flexibility index (Phi) is 7.06. The van der Waals surface area contributed by atoms with E-state index in [9.17, 15) is 4.79 Å². The topological polar surface area (TPSA) is 41.1 Å². The summed E-state index contributed by atoms with van der Waals surface area (Å²) in [5, 5.41) is 6.20. The van der Waals surface area contributed by atoms with E-state index < -0.39 is 0 Å². The highest BCUT2D eigenvalue weighted by molar-refractivity contribution is 5.78. The number of allylic oxidation sites excluding steroid dienone is 1. The van der Waals surface area contributed by atoms with E-state index in [0.717, 1.165) is 19.3 Å². The molecule has 2 N–H and O–H groups in total. The zero-order chi connectivity index (χ0) is 12.6. The summed E-state index contributed by atoms with van der Waals surface area (Å²) in [4.78, 5) is 11.6. The lowest BCUT2D eigenvalue weighted by atomic mass is 10.1. The van der Waals surface area contributed by atoms with Gasteiger partial charge in [0.2, 0.25) is 5.91 Å². The second-order valence-electron chi connectivity index (χ2n) is 5.15. The van der Waals surface area contributed by atoms with Crippen LogP contribution in [-0.4, -0.2) is 24.0 Å². The molecule has 1 atom stereocenters. The summed E-state index contributed by atoms with van der Waals surface area (Å²) in [7, 11) is 0. The molecule has 94 valence electrons. The lowest BCUT2D eigenvalue weighted by Gasteiger charge is -2.22. The number of hydrogen-bond acceptors (Lipinski definition) is 2. The zero-order valence-electron chi connectivity index (χ0n) is 11.1. The summed E-state index contributed by atoms with van der Waals surface area (Å²) in [6.45, 7) is 12.2. The van der Waals surface area contributed by atoms with Crippen molar-refractivity contribution in [3.8, 4) is 0 Å². The standard InChI is InChI=1S/C13H26N2O/c1-6-8-9-11(7-2)14-10-12(16)15-13(3,4)5/h6,11,14H,1,7-10H2,2-5H3,(H,15,16). The van der Waals surface area contributed by atoms with Gasteiger partial charge in [-0.15, -0.1) is 6.58 Å². The molecule has 0 aliphatic rings. The first-order chi connectivity index (χ1) is 7.39. The van der Waals surface area contributed by atoms with Crippen molar-refractivity contribution < 1.29 is 4.79 Å². The Morgan fingerprint density at radius 2 is 2.06 bits per heavy atom. The third kappa shape index (κ3) is 8.48. The van der Waals surface area contributed by atoms with Crippen LogP contribution in [0.4, 0.5) is 0 Å². The average Bonchev–Trinajstić information content (AvgIpc) is 2.15. The van der Waals surface area contributed by atoms with Gasteiger partial charge in [0, 0.05) is 11.6 Å². The molecule has 16 heavy (non-hydrogen) atoms. The van der Waals surface area contributed by atoms with Crippen molar-refractivity contribution in [3.05, 3.63) is 12.7 Å². The molecule has 0 saturated heterocycles.